The monoisotopic (exact) mass is 467 g/mol. The van der Waals surface area contributed by atoms with Gasteiger partial charge in [0.05, 0.1) is 22.4 Å². The minimum Gasteiger partial charge on any atom is -0.508 e. The van der Waals surface area contributed by atoms with E-state index >= 15 is 0 Å². The maximum absolute atomic E-state index is 9.71. The number of halogens is 3. The fourth-order valence-corrected chi connectivity index (χ4v) is 5.06. The summed E-state index contributed by atoms with van der Waals surface area (Å²) in [6.45, 7) is 3.87. The maximum atomic E-state index is 9.71. The molecule has 30 heavy (non-hydrogen) atoms. The zero-order valence-corrected chi connectivity index (χ0v) is 18.7. The summed E-state index contributed by atoms with van der Waals surface area (Å²) in [4.78, 5) is 6.97. The van der Waals surface area contributed by atoms with E-state index in [4.69, 9.17) is 39.5 Å². The van der Waals surface area contributed by atoms with E-state index in [1.807, 2.05) is 18.2 Å². The predicted molar refractivity (Wildman–Crippen MR) is 122 cm³/mol. The average Bonchev–Trinajstić information content (AvgIpc) is 3.17. The van der Waals surface area contributed by atoms with Gasteiger partial charge in [-0.2, -0.15) is 0 Å². The molecule has 2 N–H and O–H groups in total. The molecule has 2 aliphatic heterocycles. The lowest BCUT2D eigenvalue weighted by molar-refractivity contribution is 0.183. The first-order valence-electron chi connectivity index (χ1n) is 10.1. The molecule has 2 aromatic rings. The molecule has 1 saturated heterocycles. The number of aliphatic imine (C=N–C) groups is 1. The molecule has 160 valence electrons. The highest BCUT2D eigenvalue weighted by molar-refractivity contribution is 6.36. The molecule has 2 atom stereocenters. The molecule has 8 heteroatoms. The van der Waals surface area contributed by atoms with Crippen molar-refractivity contribution in [2.75, 3.05) is 26.2 Å². The molecular formula is C22H24Cl3N3O2. The van der Waals surface area contributed by atoms with Crippen LogP contribution in [0.3, 0.4) is 0 Å². The van der Waals surface area contributed by atoms with E-state index in [1.165, 1.54) is 31.4 Å². The standard InChI is InChI=1S/C22H24Cl3N3O2/c23-17-12-15(30-9-8-28-6-2-1-3-7-28)4-5-16(17)21-22(27-13-26-21)20-18(24)10-14(29)11-19(20)25/h4-5,10-13,21-22,29H,1-3,6-9H2,(H,26,27)/t21-,22+/m1/s1. The van der Waals surface area contributed by atoms with E-state index in [9.17, 15) is 5.11 Å². The summed E-state index contributed by atoms with van der Waals surface area (Å²) in [7, 11) is 0. The van der Waals surface area contributed by atoms with Gasteiger partial charge in [0, 0.05) is 17.1 Å². The molecule has 0 amide bonds. The highest BCUT2D eigenvalue weighted by atomic mass is 35.5. The second-order valence-corrected chi connectivity index (χ2v) is 8.85. The van der Waals surface area contributed by atoms with Crippen LogP contribution in [-0.4, -0.2) is 42.6 Å². The summed E-state index contributed by atoms with van der Waals surface area (Å²) < 4.78 is 5.92. The summed E-state index contributed by atoms with van der Waals surface area (Å²) in [6.07, 6.45) is 5.50. The zero-order chi connectivity index (χ0) is 21.1. The largest absolute Gasteiger partial charge is 0.508 e. The van der Waals surface area contributed by atoms with E-state index in [1.54, 1.807) is 6.34 Å². The molecule has 2 heterocycles. The minimum atomic E-state index is -0.292. The molecule has 0 unspecified atom stereocenters. The molecule has 0 radical (unpaired) electrons. The first-order chi connectivity index (χ1) is 14.5. The fourth-order valence-electron chi connectivity index (χ4n) is 4.06. The van der Waals surface area contributed by atoms with Gasteiger partial charge >= 0.3 is 0 Å². The van der Waals surface area contributed by atoms with E-state index < -0.39 is 0 Å². The van der Waals surface area contributed by atoms with Gasteiger partial charge in [0.15, 0.2) is 0 Å². The Morgan fingerprint density at radius 1 is 1.03 bits per heavy atom. The van der Waals surface area contributed by atoms with Crippen LogP contribution >= 0.6 is 34.8 Å². The molecule has 2 aliphatic rings. The number of aromatic hydroxyl groups is 1. The summed E-state index contributed by atoms with van der Waals surface area (Å²) >= 11 is 19.3. The van der Waals surface area contributed by atoms with Gasteiger partial charge in [0.25, 0.3) is 0 Å². The Morgan fingerprint density at radius 3 is 2.47 bits per heavy atom. The highest BCUT2D eigenvalue weighted by Crippen LogP contribution is 2.44. The van der Waals surface area contributed by atoms with Crippen LogP contribution in [0.1, 0.15) is 42.5 Å². The van der Waals surface area contributed by atoms with Gasteiger partial charge in [-0.05, 0) is 55.8 Å². The van der Waals surface area contributed by atoms with Crippen molar-refractivity contribution < 1.29 is 9.84 Å². The lowest BCUT2D eigenvalue weighted by Crippen LogP contribution is -2.33. The average molecular weight is 469 g/mol. The zero-order valence-electron chi connectivity index (χ0n) is 16.5. The SMILES string of the molecule is Oc1cc(Cl)c([C@@H]2NC=N[C@@H]2c2ccc(OCCN3CCCCC3)cc2Cl)c(Cl)c1. The molecule has 0 bridgehead atoms. The van der Waals surface area contributed by atoms with Crippen LogP contribution in [0, 0.1) is 0 Å². The van der Waals surface area contributed by atoms with Crippen LogP contribution in [0.5, 0.6) is 11.5 Å². The van der Waals surface area contributed by atoms with Gasteiger partial charge in [0.2, 0.25) is 0 Å². The van der Waals surface area contributed by atoms with Crippen molar-refractivity contribution in [1.82, 2.24) is 10.2 Å². The molecule has 2 aromatic carbocycles. The van der Waals surface area contributed by atoms with Crippen molar-refractivity contribution in [3.05, 3.63) is 56.5 Å². The number of piperidine rings is 1. The van der Waals surface area contributed by atoms with E-state index in [-0.39, 0.29) is 17.8 Å². The van der Waals surface area contributed by atoms with Crippen molar-refractivity contribution in [2.45, 2.75) is 31.3 Å². The number of phenolic OH excluding ortho intramolecular Hbond substituents is 1. The molecule has 5 nitrogen and oxygen atoms in total. The normalized spacial score (nSPS) is 21.6. The number of rotatable bonds is 6. The number of hydrogen-bond donors (Lipinski definition) is 2. The Hall–Kier alpha value is -1.66. The number of likely N-dealkylation sites (tertiary alicyclic amines) is 1. The highest BCUT2D eigenvalue weighted by Gasteiger charge is 2.32. The van der Waals surface area contributed by atoms with Crippen molar-refractivity contribution in [2.24, 2.45) is 4.99 Å². The first kappa shape index (κ1) is 21.6. The van der Waals surface area contributed by atoms with Crippen molar-refractivity contribution in [3.8, 4) is 11.5 Å². The molecule has 0 saturated carbocycles. The quantitative estimate of drug-likeness (QED) is 0.577. The molecular weight excluding hydrogens is 445 g/mol. The van der Waals surface area contributed by atoms with Crippen LogP contribution in [-0.2, 0) is 0 Å². The Labute approximate surface area is 191 Å². The lowest BCUT2D eigenvalue weighted by atomic mass is 9.94. The number of nitrogens with zero attached hydrogens (tertiary/aromatic N) is 2. The smallest absolute Gasteiger partial charge is 0.120 e. The number of nitrogens with one attached hydrogen (secondary N) is 1. The van der Waals surface area contributed by atoms with Crippen molar-refractivity contribution in [3.63, 3.8) is 0 Å². The van der Waals surface area contributed by atoms with E-state index in [0.29, 0.717) is 27.2 Å². The topological polar surface area (TPSA) is 57.1 Å². The van der Waals surface area contributed by atoms with Gasteiger partial charge in [-0.25, -0.2) is 0 Å². The fraction of sp³-hybridized carbons (Fsp3) is 0.409. The Kier molecular flexibility index (Phi) is 6.94. The third-order valence-electron chi connectivity index (χ3n) is 5.60. The van der Waals surface area contributed by atoms with E-state index in [0.717, 1.165) is 30.9 Å². The van der Waals surface area contributed by atoms with Crippen molar-refractivity contribution in [1.29, 1.82) is 0 Å². The number of hydrogen-bond acceptors (Lipinski definition) is 5. The summed E-state index contributed by atoms with van der Waals surface area (Å²) in [5.74, 6) is 0.765. The number of ether oxygens (including phenoxy) is 1. The second-order valence-electron chi connectivity index (χ2n) is 7.62. The summed E-state index contributed by atoms with van der Waals surface area (Å²) in [5, 5.41) is 14.2. The third-order valence-corrected chi connectivity index (χ3v) is 6.55. The van der Waals surface area contributed by atoms with Crippen molar-refractivity contribution >= 4 is 41.1 Å². The molecule has 0 aliphatic carbocycles. The maximum Gasteiger partial charge on any atom is 0.120 e. The van der Waals surface area contributed by atoms with Crippen LogP contribution in [0.15, 0.2) is 35.3 Å². The second kappa shape index (κ2) is 9.65. The summed E-state index contributed by atoms with van der Waals surface area (Å²) in [6, 6.07) is 8.05. The predicted octanol–water partition coefficient (Wildman–Crippen LogP) is 5.63. The minimum absolute atomic E-state index is 0.0216. The Bertz CT molecular complexity index is 909. The number of benzene rings is 2. The molecule has 0 spiro atoms. The van der Waals surface area contributed by atoms with Crippen LogP contribution in [0.25, 0.3) is 0 Å². The number of phenols is 1. The van der Waals surface area contributed by atoms with Gasteiger partial charge in [-0.1, -0.05) is 47.3 Å². The van der Waals surface area contributed by atoms with E-state index in [2.05, 4.69) is 15.2 Å². The third kappa shape index (κ3) is 4.80. The Balaban J connectivity index is 1.46. The first-order valence-corrected chi connectivity index (χ1v) is 11.3. The molecule has 4 rings (SSSR count). The van der Waals surface area contributed by atoms with Gasteiger partial charge in [-0.15, -0.1) is 0 Å². The lowest BCUT2D eigenvalue weighted by Gasteiger charge is -2.26. The van der Waals surface area contributed by atoms with Gasteiger partial charge in [-0.3, -0.25) is 9.89 Å². The molecule has 1 fully saturated rings. The van der Waals surface area contributed by atoms with Gasteiger partial charge in [0.1, 0.15) is 24.1 Å². The van der Waals surface area contributed by atoms with Crippen LogP contribution < -0.4 is 10.1 Å². The Morgan fingerprint density at radius 2 is 1.77 bits per heavy atom. The van der Waals surface area contributed by atoms with Gasteiger partial charge < -0.3 is 15.2 Å². The van der Waals surface area contributed by atoms with Crippen LogP contribution in [0.4, 0.5) is 0 Å². The molecule has 0 aromatic heterocycles. The summed E-state index contributed by atoms with van der Waals surface area (Å²) in [5.41, 5.74) is 1.53. The van der Waals surface area contributed by atoms with Crippen LogP contribution in [0.2, 0.25) is 15.1 Å².